The molecule has 4 heteroatoms. The van der Waals surface area contributed by atoms with Crippen LogP contribution in [-0.4, -0.2) is 40.4 Å². The van der Waals surface area contributed by atoms with Gasteiger partial charge in [0.05, 0.1) is 24.4 Å². The van der Waals surface area contributed by atoms with Gasteiger partial charge >= 0.3 is 0 Å². The molecule has 2 heterocycles. The molecule has 6 rings (SSSR count). The van der Waals surface area contributed by atoms with Crippen LogP contribution in [0.1, 0.15) is 91.9 Å². The van der Waals surface area contributed by atoms with Gasteiger partial charge in [0.1, 0.15) is 0 Å². The molecule has 0 aromatic rings. The Kier molecular flexibility index (Phi) is 4.62. The molecular weight excluding hydrogens is 388 g/mol. The van der Waals surface area contributed by atoms with E-state index in [1.54, 1.807) is 0 Å². The third-order valence-corrected chi connectivity index (χ3v) is 12.1. The van der Waals surface area contributed by atoms with Gasteiger partial charge in [0, 0.05) is 12.3 Å². The molecule has 4 aliphatic carbocycles. The highest BCUT2D eigenvalue weighted by Crippen LogP contribution is 2.71. The van der Waals surface area contributed by atoms with E-state index < -0.39 is 11.4 Å². The molecule has 0 unspecified atom stereocenters. The Morgan fingerprint density at radius 1 is 0.871 bits per heavy atom. The zero-order chi connectivity index (χ0) is 21.8. The number of hydrogen-bond acceptors (Lipinski definition) is 4. The van der Waals surface area contributed by atoms with Crippen LogP contribution in [0.5, 0.6) is 0 Å². The topological polar surface area (TPSA) is 58.9 Å². The summed E-state index contributed by atoms with van der Waals surface area (Å²) >= 11 is 0. The van der Waals surface area contributed by atoms with Crippen molar-refractivity contribution >= 4 is 0 Å². The molecule has 12 atom stereocenters. The maximum atomic E-state index is 10.3. The second-order valence-electron chi connectivity index (χ2n) is 13.4. The second-order valence-corrected chi connectivity index (χ2v) is 13.4. The fourth-order valence-corrected chi connectivity index (χ4v) is 10.4. The minimum atomic E-state index is -0.471. The van der Waals surface area contributed by atoms with E-state index in [1.807, 2.05) is 6.92 Å². The fourth-order valence-electron chi connectivity index (χ4n) is 10.4. The summed E-state index contributed by atoms with van der Waals surface area (Å²) in [6.07, 6.45) is 11.9. The zero-order valence-electron chi connectivity index (χ0n) is 20.1. The predicted octanol–water partition coefficient (Wildman–Crippen LogP) is 4.91. The summed E-state index contributed by atoms with van der Waals surface area (Å²) in [4.78, 5) is 0. The summed E-state index contributed by atoms with van der Waals surface area (Å²) in [7, 11) is 0. The Hall–Kier alpha value is -0.160. The van der Waals surface area contributed by atoms with Crippen molar-refractivity contribution in [3.05, 3.63) is 0 Å². The standard InChI is InChI=1S/C27H44O4/c1-16-23-22(30-27(16)12-11-24(2,15-28)31-27)14-21-19-6-5-17-13-18(29)7-9-25(17,3)20(19)8-10-26(21,23)4/h16-23,28-29H,5-15H2,1-4H3/t16-,17+,18+,19+,20-,21-,22-,23-,24-,25-,26-,27-/m0/s1. The molecule has 2 aliphatic heterocycles. The van der Waals surface area contributed by atoms with Crippen LogP contribution in [0.25, 0.3) is 0 Å². The Morgan fingerprint density at radius 2 is 1.65 bits per heavy atom. The summed E-state index contributed by atoms with van der Waals surface area (Å²) < 4.78 is 13.4. The first kappa shape index (κ1) is 21.4. The molecule has 0 aromatic carbocycles. The Balaban J connectivity index is 1.26. The number of fused-ring (bicyclic) bond motifs is 7. The molecular formula is C27H44O4. The van der Waals surface area contributed by atoms with Crippen molar-refractivity contribution in [1.82, 2.24) is 0 Å². The normalized spacial score (nSPS) is 62.9. The van der Waals surface area contributed by atoms with Crippen molar-refractivity contribution in [1.29, 1.82) is 0 Å². The largest absolute Gasteiger partial charge is 0.393 e. The summed E-state index contributed by atoms with van der Waals surface area (Å²) in [5.41, 5.74) is 0.351. The summed E-state index contributed by atoms with van der Waals surface area (Å²) in [6.45, 7) is 9.68. The Bertz CT molecular complexity index is 741. The molecule has 0 radical (unpaired) electrons. The van der Waals surface area contributed by atoms with Gasteiger partial charge in [-0.25, -0.2) is 0 Å². The molecule has 2 N–H and O–H groups in total. The molecule has 6 aliphatic rings. The van der Waals surface area contributed by atoms with Crippen LogP contribution in [0.4, 0.5) is 0 Å². The van der Waals surface area contributed by atoms with Gasteiger partial charge in [-0.15, -0.1) is 0 Å². The van der Waals surface area contributed by atoms with E-state index >= 15 is 0 Å². The van der Waals surface area contributed by atoms with E-state index in [1.165, 1.54) is 38.5 Å². The number of rotatable bonds is 1. The smallest absolute Gasteiger partial charge is 0.172 e. The van der Waals surface area contributed by atoms with E-state index in [0.29, 0.717) is 28.8 Å². The Morgan fingerprint density at radius 3 is 2.39 bits per heavy atom. The van der Waals surface area contributed by atoms with Gasteiger partial charge in [0.2, 0.25) is 0 Å². The predicted molar refractivity (Wildman–Crippen MR) is 119 cm³/mol. The first-order valence-electron chi connectivity index (χ1n) is 13.3. The van der Waals surface area contributed by atoms with Crippen molar-refractivity contribution in [2.24, 2.45) is 46.3 Å². The van der Waals surface area contributed by atoms with Crippen LogP contribution in [0.15, 0.2) is 0 Å². The number of hydrogen-bond donors (Lipinski definition) is 2. The maximum absolute atomic E-state index is 10.3. The second kappa shape index (κ2) is 6.71. The fraction of sp³-hybridized carbons (Fsp3) is 1.00. The summed E-state index contributed by atoms with van der Waals surface area (Å²) in [5.74, 6) is 3.67. The zero-order valence-corrected chi connectivity index (χ0v) is 20.1. The molecule has 6 fully saturated rings. The number of ether oxygens (including phenoxy) is 2. The van der Waals surface area contributed by atoms with Gasteiger partial charge in [0.25, 0.3) is 0 Å². The first-order chi connectivity index (χ1) is 14.6. The van der Waals surface area contributed by atoms with Gasteiger partial charge in [-0.2, -0.15) is 0 Å². The van der Waals surface area contributed by atoms with Crippen LogP contribution in [0.2, 0.25) is 0 Å². The molecule has 31 heavy (non-hydrogen) atoms. The van der Waals surface area contributed by atoms with Gasteiger partial charge in [-0.3, -0.25) is 0 Å². The van der Waals surface area contributed by atoms with Crippen molar-refractivity contribution in [2.75, 3.05) is 6.61 Å². The maximum Gasteiger partial charge on any atom is 0.172 e. The number of aliphatic hydroxyl groups excluding tert-OH is 2. The monoisotopic (exact) mass is 432 g/mol. The highest BCUT2D eigenvalue weighted by molar-refractivity contribution is 5.16. The molecule has 176 valence electrons. The van der Waals surface area contributed by atoms with E-state index in [4.69, 9.17) is 9.47 Å². The van der Waals surface area contributed by atoms with Crippen LogP contribution in [-0.2, 0) is 9.47 Å². The lowest BCUT2D eigenvalue weighted by Crippen LogP contribution is -2.54. The molecule has 4 nitrogen and oxygen atoms in total. The molecule has 2 saturated heterocycles. The molecule has 0 bridgehead atoms. The highest BCUT2D eigenvalue weighted by atomic mass is 16.7. The molecule has 4 saturated carbocycles. The SMILES string of the molecule is C[C@H]1[C@H]2[C@H](C[C@H]3[C@@H]4CC[C@@H]5C[C@H](O)CC[C@]5(C)[C@H]4CC[C@]23C)O[C@]12CC[C@@](C)(CO)O2. The van der Waals surface area contributed by atoms with E-state index in [-0.39, 0.29) is 12.7 Å². The van der Waals surface area contributed by atoms with Crippen molar-refractivity contribution in [3.8, 4) is 0 Å². The molecule has 0 aromatic heterocycles. The highest BCUT2D eigenvalue weighted by Gasteiger charge is 2.70. The third-order valence-electron chi connectivity index (χ3n) is 12.1. The first-order valence-corrected chi connectivity index (χ1v) is 13.3. The van der Waals surface area contributed by atoms with E-state index in [2.05, 4.69) is 20.8 Å². The molecule has 0 amide bonds. The van der Waals surface area contributed by atoms with Gasteiger partial charge in [0.15, 0.2) is 5.79 Å². The lowest BCUT2D eigenvalue weighted by Gasteiger charge is -2.61. The van der Waals surface area contributed by atoms with Crippen LogP contribution >= 0.6 is 0 Å². The third kappa shape index (κ3) is 2.74. The average Bonchev–Trinajstić information content (AvgIpc) is 3.32. The van der Waals surface area contributed by atoms with Crippen LogP contribution < -0.4 is 0 Å². The van der Waals surface area contributed by atoms with E-state index in [9.17, 15) is 10.2 Å². The van der Waals surface area contributed by atoms with Crippen LogP contribution in [0, 0.1) is 46.3 Å². The average molecular weight is 433 g/mol. The van der Waals surface area contributed by atoms with E-state index in [0.717, 1.165) is 49.4 Å². The Labute approximate surface area is 188 Å². The van der Waals surface area contributed by atoms with Crippen molar-refractivity contribution < 1.29 is 19.7 Å². The lowest BCUT2D eigenvalue weighted by atomic mass is 9.44. The minimum Gasteiger partial charge on any atom is -0.393 e. The molecule has 1 spiro atoms. The van der Waals surface area contributed by atoms with Crippen molar-refractivity contribution in [3.63, 3.8) is 0 Å². The van der Waals surface area contributed by atoms with Crippen molar-refractivity contribution in [2.45, 2.75) is 115 Å². The number of aliphatic hydroxyl groups is 2. The van der Waals surface area contributed by atoms with Crippen LogP contribution in [0.3, 0.4) is 0 Å². The minimum absolute atomic E-state index is 0.0595. The van der Waals surface area contributed by atoms with Gasteiger partial charge in [-0.1, -0.05) is 20.8 Å². The quantitative estimate of drug-likeness (QED) is 0.618. The van der Waals surface area contributed by atoms with Gasteiger partial charge in [-0.05, 0) is 105 Å². The van der Waals surface area contributed by atoms with Gasteiger partial charge < -0.3 is 19.7 Å². The lowest BCUT2D eigenvalue weighted by molar-refractivity contribution is -0.262. The summed E-state index contributed by atoms with van der Waals surface area (Å²) in [5, 5.41) is 20.2. The summed E-state index contributed by atoms with van der Waals surface area (Å²) in [6, 6.07) is 0.